The van der Waals surface area contributed by atoms with Crippen LogP contribution in [0.3, 0.4) is 0 Å². The molecule has 20 heavy (non-hydrogen) atoms. The highest BCUT2D eigenvalue weighted by Crippen LogP contribution is 2.27. The Morgan fingerprint density at radius 2 is 2.10 bits per heavy atom. The number of benzene rings is 1. The fraction of sp³-hybridized carbons (Fsp3) is 0.600. The second-order valence-corrected chi connectivity index (χ2v) is 7.29. The van der Waals surface area contributed by atoms with Gasteiger partial charge in [-0.3, -0.25) is 4.21 Å². The summed E-state index contributed by atoms with van der Waals surface area (Å²) in [7, 11) is -1.14. The van der Waals surface area contributed by atoms with E-state index < -0.39 is 16.6 Å². The number of hydrogen-bond acceptors (Lipinski definition) is 2. The minimum atomic E-state index is -1.14. The van der Waals surface area contributed by atoms with Crippen molar-refractivity contribution in [3.8, 4) is 0 Å². The molecule has 2 rings (SSSR count). The SMILES string of the molecule is CCNC1CCCCCC1S(=O)c1ccc(F)c(Cl)c1. The van der Waals surface area contributed by atoms with Gasteiger partial charge in [-0.2, -0.15) is 0 Å². The van der Waals surface area contributed by atoms with Gasteiger partial charge in [-0.15, -0.1) is 0 Å². The molecule has 0 bridgehead atoms. The first kappa shape index (κ1) is 15.9. The normalized spacial score (nSPS) is 25.1. The van der Waals surface area contributed by atoms with Gasteiger partial charge in [0.2, 0.25) is 0 Å². The molecule has 0 radical (unpaired) electrons. The Bertz CT molecular complexity index is 483. The van der Waals surface area contributed by atoms with E-state index in [4.69, 9.17) is 11.6 Å². The molecule has 0 aromatic heterocycles. The molecule has 1 saturated carbocycles. The van der Waals surface area contributed by atoms with Gasteiger partial charge in [0.25, 0.3) is 0 Å². The molecule has 0 amide bonds. The van der Waals surface area contributed by atoms with Gasteiger partial charge in [0, 0.05) is 10.9 Å². The van der Waals surface area contributed by atoms with Crippen molar-refractivity contribution >= 4 is 22.4 Å². The molecule has 3 unspecified atom stereocenters. The highest BCUT2D eigenvalue weighted by molar-refractivity contribution is 7.85. The summed E-state index contributed by atoms with van der Waals surface area (Å²) in [6.07, 6.45) is 5.47. The zero-order valence-corrected chi connectivity index (χ0v) is 13.3. The first-order chi connectivity index (χ1) is 9.63. The lowest BCUT2D eigenvalue weighted by Crippen LogP contribution is -2.41. The Balaban J connectivity index is 2.21. The molecular weight excluding hydrogens is 297 g/mol. The Labute approximate surface area is 127 Å². The standard InChI is InChI=1S/C15H21ClFNOS/c1-2-18-14-6-4-3-5-7-15(14)20(19)11-8-9-13(17)12(16)10-11/h8-10,14-15,18H,2-7H2,1H3. The second kappa shape index (κ2) is 7.53. The summed E-state index contributed by atoms with van der Waals surface area (Å²) in [6.45, 7) is 2.95. The molecule has 1 aromatic carbocycles. The molecule has 1 aliphatic carbocycles. The lowest BCUT2D eigenvalue weighted by Gasteiger charge is -2.25. The lowest BCUT2D eigenvalue weighted by atomic mass is 10.1. The van der Waals surface area contributed by atoms with Gasteiger partial charge in [-0.1, -0.05) is 37.8 Å². The van der Waals surface area contributed by atoms with Crippen molar-refractivity contribution in [3.05, 3.63) is 29.0 Å². The molecule has 1 N–H and O–H groups in total. The Morgan fingerprint density at radius 1 is 1.35 bits per heavy atom. The van der Waals surface area contributed by atoms with Crippen LogP contribution in [0, 0.1) is 5.82 Å². The largest absolute Gasteiger partial charge is 0.313 e. The van der Waals surface area contributed by atoms with Crippen LogP contribution in [0.5, 0.6) is 0 Å². The van der Waals surface area contributed by atoms with Crippen LogP contribution in [0.25, 0.3) is 0 Å². The predicted octanol–water partition coefficient (Wildman–Crippen LogP) is 3.90. The van der Waals surface area contributed by atoms with Gasteiger partial charge in [0.15, 0.2) is 0 Å². The summed E-state index contributed by atoms with van der Waals surface area (Å²) < 4.78 is 26.0. The molecule has 1 fully saturated rings. The van der Waals surface area contributed by atoms with E-state index in [-0.39, 0.29) is 16.3 Å². The van der Waals surface area contributed by atoms with E-state index >= 15 is 0 Å². The third-order valence-corrected chi connectivity index (χ3v) is 5.94. The quantitative estimate of drug-likeness (QED) is 0.853. The Morgan fingerprint density at radius 3 is 2.80 bits per heavy atom. The third kappa shape index (κ3) is 3.80. The van der Waals surface area contributed by atoms with E-state index in [0.29, 0.717) is 4.90 Å². The summed E-state index contributed by atoms with van der Waals surface area (Å²) >= 11 is 5.80. The van der Waals surface area contributed by atoms with E-state index in [9.17, 15) is 8.60 Å². The maximum atomic E-state index is 13.2. The van der Waals surface area contributed by atoms with E-state index in [1.165, 1.54) is 25.0 Å². The lowest BCUT2D eigenvalue weighted by molar-refractivity contribution is 0.474. The van der Waals surface area contributed by atoms with Crippen molar-refractivity contribution in [2.24, 2.45) is 0 Å². The highest BCUT2D eigenvalue weighted by atomic mass is 35.5. The average molecular weight is 318 g/mol. The zero-order chi connectivity index (χ0) is 14.5. The van der Waals surface area contributed by atoms with E-state index in [2.05, 4.69) is 12.2 Å². The van der Waals surface area contributed by atoms with E-state index in [0.717, 1.165) is 25.8 Å². The van der Waals surface area contributed by atoms with Crippen molar-refractivity contribution in [1.82, 2.24) is 5.32 Å². The third-order valence-electron chi connectivity index (χ3n) is 3.82. The van der Waals surface area contributed by atoms with Crippen LogP contribution >= 0.6 is 11.6 Å². The highest BCUT2D eigenvalue weighted by Gasteiger charge is 2.29. The predicted molar refractivity (Wildman–Crippen MR) is 82.2 cm³/mol. The van der Waals surface area contributed by atoms with E-state index in [1.807, 2.05) is 0 Å². The maximum Gasteiger partial charge on any atom is 0.141 e. The molecule has 1 aliphatic rings. The van der Waals surface area contributed by atoms with Crippen LogP contribution in [0.1, 0.15) is 39.0 Å². The van der Waals surface area contributed by atoms with Crippen LogP contribution in [0.4, 0.5) is 4.39 Å². The number of nitrogens with one attached hydrogen (secondary N) is 1. The summed E-state index contributed by atoms with van der Waals surface area (Å²) in [5.41, 5.74) is 0. The van der Waals surface area contributed by atoms with E-state index in [1.54, 1.807) is 6.07 Å². The Hall–Kier alpha value is -0.450. The zero-order valence-electron chi connectivity index (χ0n) is 11.7. The first-order valence-electron chi connectivity index (χ1n) is 7.22. The maximum absolute atomic E-state index is 13.2. The van der Waals surface area contributed by atoms with Gasteiger partial charge in [0.05, 0.1) is 21.1 Å². The topological polar surface area (TPSA) is 29.1 Å². The van der Waals surface area contributed by atoms with Gasteiger partial charge in [0.1, 0.15) is 5.82 Å². The van der Waals surface area contributed by atoms with Gasteiger partial charge >= 0.3 is 0 Å². The first-order valence-corrected chi connectivity index (χ1v) is 8.81. The monoisotopic (exact) mass is 317 g/mol. The summed E-state index contributed by atoms with van der Waals surface area (Å²) in [6, 6.07) is 4.66. The van der Waals surface area contributed by atoms with Crippen molar-refractivity contribution in [2.45, 2.75) is 55.2 Å². The number of halogens is 2. The van der Waals surface area contributed by atoms with Gasteiger partial charge < -0.3 is 5.32 Å². The summed E-state index contributed by atoms with van der Waals surface area (Å²) in [5.74, 6) is -0.462. The molecular formula is C15H21ClFNOS. The minimum Gasteiger partial charge on any atom is -0.313 e. The molecule has 112 valence electrons. The van der Waals surface area contributed by atoms with Crippen LogP contribution in [-0.2, 0) is 10.8 Å². The summed E-state index contributed by atoms with van der Waals surface area (Å²) in [5, 5.41) is 3.58. The van der Waals surface area contributed by atoms with Crippen molar-refractivity contribution in [2.75, 3.05) is 6.54 Å². The smallest absolute Gasteiger partial charge is 0.141 e. The fourth-order valence-corrected chi connectivity index (χ4v) is 4.74. The van der Waals surface area contributed by atoms with Crippen molar-refractivity contribution in [3.63, 3.8) is 0 Å². The van der Waals surface area contributed by atoms with Gasteiger partial charge in [-0.05, 0) is 37.6 Å². The number of rotatable bonds is 4. The molecule has 0 spiro atoms. The molecule has 0 heterocycles. The van der Waals surface area contributed by atoms with Crippen LogP contribution in [0.15, 0.2) is 23.1 Å². The van der Waals surface area contributed by atoms with Crippen molar-refractivity contribution in [1.29, 1.82) is 0 Å². The van der Waals surface area contributed by atoms with Crippen LogP contribution in [0.2, 0.25) is 5.02 Å². The average Bonchev–Trinajstić information content (AvgIpc) is 2.67. The molecule has 3 atom stereocenters. The van der Waals surface area contributed by atoms with Crippen LogP contribution in [-0.4, -0.2) is 22.0 Å². The van der Waals surface area contributed by atoms with Crippen molar-refractivity contribution < 1.29 is 8.60 Å². The number of hydrogen-bond donors (Lipinski definition) is 1. The molecule has 0 aliphatic heterocycles. The molecule has 1 aromatic rings. The van der Waals surface area contributed by atoms with Crippen LogP contribution < -0.4 is 5.32 Å². The summed E-state index contributed by atoms with van der Waals surface area (Å²) in [4.78, 5) is 0.631. The molecule has 2 nitrogen and oxygen atoms in total. The molecule has 5 heteroatoms. The fourth-order valence-electron chi connectivity index (χ4n) is 2.80. The molecule has 0 saturated heterocycles. The second-order valence-electron chi connectivity index (χ2n) is 5.21. The minimum absolute atomic E-state index is 0.0458. The van der Waals surface area contributed by atoms with Gasteiger partial charge in [-0.25, -0.2) is 4.39 Å². The Kier molecular flexibility index (Phi) is 6.00.